The largest absolute Gasteiger partial charge is 0.484 e. The number of nitrogens with one attached hydrogen (secondary N) is 1. The third-order valence-corrected chi connectivity index (χ3v) is 3.93. The normalized spacial score (nSPS) is 11.5. The second kappa shape index (κ2) is 8.69. The van der Waals surface area contributed by atoms with Gasteiger partial charge in [-0.2, -0.15) is 0 Å². The smallest absolute Gasteiger partial charge is 0.258 e. The van der Waals surface area contributed by atoms with Gasteiger partial charge in [0, 0.05) is 0 Å². The third-order valence-electron chi connectivity index (χ3n) is 3.93. The van der Waals surface area contributed by atoms with Crippen LogP contribution in [0.1, 0.15) is 17.2 Å². The summed E-state index contributed by atoms with van der Waals surface area (Å²) in [4.78, 5) is 12.4. The predicted octanol–water partition coefficient (Wildman–Crippen LogP) is 4.17. The molecule has 3 aromatic rings. The van der Waals surface area contributed by atoms with Gasteiger partial charge in [-0.15, -0.1) is 0 Å². The Balaban J connectivity index is 1.66. The Hall–Kier alpha value is -3.07. The first-order valence-electron chi connectivity index (χ1n) is 8.37. The lowest BCUT2D eigenvalue weighted by Crippen LogP contribution is -2.33. The van der Waals surface area contributed by atoms with Crippen molar-refractivity contribution in [1.29, 1.82) is 0 Å². The molecule has 0 aliphatic heterocycles. The van der Waals surface area contributed by atoms with Crippen LogP contribution in [0.5, 0.6) is 5.75 Å². The minimum Gasteiger partial charge on any atom is -0.484 e. The Morgan fingerprint density at radius 1 is 0.800 bits per heavy atom. The molecule has 1 N–H and O–H groups in total. The van der Waals surface area contributed by atoms with E-state index in [0.717, 1.165) is 12.0 Å². The second-order valence-corrected chi connectivity index (χ2v) is 5.82. The maximum Gasteiger partial charge on any atom is 0.258 e. The van der Waals surface area contributed by atoms with Crippen LogP contribution in [0.25, 0.3) is 0 Å². The molecule has 1 atom stereocenters. The minimum absolute atomic E-state index is 0.00212. The van der Waals surface area contributed by atoms with Crippen molar-refractivity contribution in [1.82, 2.24) is 5.32 Å². The molecule has 0 aromatic heterocycles. The second-order valence-electron chi connectivity index (χ2n) is 5.82. The number of ether oxygens (including phenoxy) is 1. The molecule has 3 aromatic carbocycles. The van der Waals surface area contributed by atoms with E-state index in [1.807, 2.05) is 78.9 Å². The van der Waals surface area contributed by atoms with Gasteiger partial charge in [-0.25, -0.2) is 0 Å². The molecule has 0 saturated heterocycles. The monoisotopic (exact) mass is 331 g/mol. The fourth-order valence-corrected chi connectivity index (χ4v) is 2.69. The van der Waals surface area contributed by atoms with Crippen molar-refractivity contribution in [2.75, 3.05) is 6.61 Å². The molecule has 0 fully saturated rings. The van der Waals surface area contributed by atoms with Crippen LogP contribution >= 0.6 is 0 Å². The average molecular weight is 331 g/mol. The van der Waals surface area contributed by atoms with E-state index in [1.165, 1.54) is 5.56 Å². The maximum atomic E-state index is 12.4. The van der Waals surface area contributed by atoms with Gasteiger partial charge in [-0.05, 0) is 29.7 Å². The van der Waals surface area contributed by atoms with Gasteiger partial charge in [0.25, 0.3) is 5.91 Å². The van der Waals surface area contributed by atoms with E-state index in [-0.39, 0.29) is 18.6 Å². The van der Waals surface area contributed by atoms with Crippen LogP contribution in [0.3, 0.4) is 0 Å². The van der Waals surface area contributed by atoms with Gasteiger partial charge < -0.3 is 10.1 Å². The summed E-state index contributed by atoms with van der Waals surface area (Å²) in [5, 5.41) is 3.09. The number of hydrogen-bond acceptors (Lipinski definition) is 2. The lowest BCUT2D eigenvalue weighted by atomic mass is 9.99. The van der Waals surface area contributed by atoms with Crippen LogP contribution in [0.15, 0.2) is 91.0 Å². The quantitative estimate of drug-likeness (QED) is 0.706. The number of benzene rings is 3. The number of para-hydroxylation sites is 1. The van der Waals surface area contributed by atoms with E-state index >= 15 is 0 Å². The standard InChI is InChI=1S/C22H21NO2/c24-22(17-25-20-14-8-3-9-15-20)23-21(19-12-6-2-7-13-19)16-18-10-4-1-5-11-18/h1-15,21H,16-17H2,(H,23,24). The first-order chi connectivity index (χ1) is 12.3. The topological polar surface area (TPSA) is 38.3 Å². The molecule has 0 heterocycles. The first-order valence-corrected chi connectivity index (χ1v) is 8.37. The first kappa shape index (κ1) is 16.8. The van der Waals surface area contributed by atoms with Crippen LogP contribution in [-0.2, 0) is 11.2 Å². The highest BCUT2D eigenvalue weighted by molar-refractivity contribution is 5.78. The SMILES string of the molecule is O=C(COc1ccccc1)NC(Cc1ccccc1)c1ccccc1. The maximum absolute atomic E-state index is 12.4. The van der Waals surface area contributed by atoms with Gasteiger partial charge in [0.15, 0.2) is 6.61 Å². The van der Waals surface area contributed by atoms with Crippen molar-refractivity contribution in [2.45, 2.75) is 12.5 Å². The summed E-state index contributed by atoms with van der Waals surface area (Å²) < 4.78 is 5.54. The molecule has 0 spiro atoms. The van der Waals surface area contributed by atoms with Crippen molar-refractivity contribution in [3.05, 3.63) is 102 Å². The summed E-state index contributed by atoms with van der Waals surface area (Å²) >= 11 is 0. The lowest BCUT2D eigenvalue weighted by Gasteiger charge is -2.19. The van der Waals surface area contributed by atoms with Gasteiger partial charge in [0.1, 0.15) is 5.75 Å². The summed E-state index contributed by atoms with van der Waals surface area (Å²) in [6.07, 6.45) is 0.738. The van der Waals surface area contributed by atoms with E-state index in [4.69, 9.17) is 4.74 Å². The van der Waals surface area contributed by atoms with E-state index in [1.54, 1.807) is 0 Å². The summed E-state index contributed by atoms with van der Waals surface area (Å²) in [5.41, 5.74) is 2.26. The molecular weight excluding hydrogens is 310 g/mol. The lowest BCUT2D eigenvalue weighted by molar-refractivity contribution is -0.123. The molecule has 0 bridgehead atoms. The number of hydrogen-bond donors (Lipinski definition) is 1. The molecule has 0 aliphatic rings. The zero-order chi connectivity index (χ0) is 17.3. The number of carbonyl (C=O) groups is 1. The Labute approximate surface area is 148 Å². The van der Waals surface area contributed by atoms with Crippen LogP contribution in [0.4, 0.5) is 0 Å². The van der Waals surface area contributed by atoms with Gasteiger partial charge in [-0.1, -0.05) is 78.9 Å². The molecule has 1 unspecified atom stereocenters. The van der Waals surface area contributed by atoms with Crippen LogP contribution in [0.2, 0.25) is 0 Å². The number of rotatable bonds is 7. The molecular formula is C22H21NO2. The Bertz CT molecular complexity index is 773. The minimum atomic E-state index is -0.131. The molecule has 25 heavy (non-hydrogen) atoms. The summed E-state index contributed by atoms with van der Waals surface area (Å²) in [5.74, 6) is 0.561. The highest BCUT2D eigenvalue weighted by Gasteiger charge is 2.15. The molecule has 1 amide bonds. The summed E-state index contributed by atoms with van der Waals surface area (Å²) in [6, 6.07) is 29.5. The Kier molecular flexibility index (Phi) is 5.83. The van der Waals surface area contributed by atoms with Crippen LogP contribution < -0.4 is 10.1 Å². The van der Waals surface area contributed by atoms with E-state index in [2.05, 4.69) is 17.4 Å². The van der Waals surface area contributed by atoms with Crippen LogP contribution in [0, 0.1) is 0 Å². The van der Waals surface area contributed by atoms with Crippen molar-refractivity contribution in [3.8, 4) is 5.75 Å². The molecule has 3 rings (SSSR count). The third kappa shape index (κ3) is 5.21. The van der Waals surface area contributed by atoms with Crippen molar-refractivity contribution in [2.24, 2.45) is 0 Å². The molecule has 3 nitrogen and oxygen atoms in total. The van der Waals surface area contributed by atoms with Gasteiger partial charge in [0.2, 0.25) is 0 Å². The molecule has 0 radical (unpaired) electrons. The number of amides is 1. The molecule has 3 heteroatoms. The van der Waals surface area contributed by atoms with Gasteiger partial charge in [0.05, 0.1) is 6.04 Å². The van der Waals surface area contributed by atoms with Crippen molar-refractivity contribution >= 4 is 5.91 Å². The fraction of sp³-hybridized carbons (Fsp3) is 0.136. The summed E-state index contributed by atoms with van der Waals surface area (Å²) in [7, 11) is 0. The van der Waals surface area contributed by atoms with Gasteiger partial charge >= 0.3 is 0 Å². The van der Waals surface area contributed by atoms with Crippen molar-refractivity contribution < 1.29 is 9.53 Å². The van der Waals surface area contributed by atoms with Crippen molar-refractivity contribution in [3.63, 3.8) is 0 Å². The Morgan fingerprint density at radius 3 is 2.00 bits per heavy atom. The molecule has 0 saturated carbocycles. The van der Waals surface area contributed by atoms with Gasteiger partial charge in [-0.3, -0.25) is 4.79 Å². The molecule has 0 aliphatic carbocycles. The number of carbonyl (C=O) groups excluding carboxylic acids is 1. The van der Waals surface area contributed by atoms with E-state index < -0.39 is 0 Å². The molecule has 126 valence electrons. The zero-order valence-electron chi connectivity index (χ0n) is 14.0. The average Bonchev–Trinajstić information content (AvgIpc) is 2.68. The fourth-order valence-electron chi connectivity index (χ4n) is 2.69. The zero-order valence-corrected chi connectivity index (χ0v) is 14.0. The predicted molar refractivity (Wildman–Crippen MR) is 99.4 cm³/mol. The highest BCUT2D eigenvalue weighted by atomic mass is 16.5. The van der Waals surface area contributed by atoms with Crippen LogP contribution in [-0.4, -0.2) is 12.5 Å². The van der Waals surface area contributed by atoms with E-state index in [0.29, 0.717) is 5.75 Å². The Morgan fingerprint density at radius 2 is 1.36 bits per heavy atom. The summed E-state index contributed by atoms with van der Waals surface area (Å²) in [6.45, 7) is 0.00212. The highest BCUT2D eigenvalue weighted by Crippen LogP contribution is 2.18. The van der Waals surface area contributed by atoms with E-state index in [9.17, 15) is 4.79 Å².